The fourth-order valence-corrected chi connectivity index (χ4v) is 2.54. The first kappa shape index (κ1) is 15.7. The predicted octanol–water partition coefficient (Wildman–Crippen LogP) is 3.48. The van der Waals surface area contributed by atoms with Gasteiger partial charge in [0.1, 0.15) is 29.1 Å². The van der Waals surface area contributed by atoms with Crippen molar-refractivity contribution in [2.24, 2.45) is 0 Å². The summed E-state index contributed by atoms with van der Waals surface area (Å²) in [4.78, 5) is 8.72. The van der Waals surface area contributed by atoms with Crippen LogP contribution in [-0.4, -0.2) is 23.6 Å². The van der Waals surface area contributed by atoms with Gasteiger partial charge in [-0.2, -0.15) is 0 Å². The summed E-state index contributed by atoms with van der Waals surface area (Å²) < 4.78 is 31.9. The fraction of sp³-hybridized carbons (Fsp3) is 0.286. The zero-order valence-corrected chi connectivity index (χ0v) is 12.5. The minimum Gasteiger partial charge on any atom is -0.377 e. The summed E-state index contributed by atoms with van der Waals surface area (Å²) >= 11 is 1.05. The Bertz CT molecular complexity index is 601. The highest BCUT2D eigenvalue weighted by Crippen LogP contribution is 2.30. The van der Waals surface area contributed by atoms with Gasteiger partial charge in [-0.1, -0.05) is 11.8 Å². The van der Waals surface area contributed by atoms with Crippen molar-refractivity contribution in [3.05, 3.63) is 41.7 Å². The zero-order chi connectivity index (χ0) is 15.2. The van der Waals surface area contributed by atoms with Crippen molar-refractivity contribution < 1.29 is 13.5 Å². The number of benzene rings is 1. The first-order valence-corrected chi connectivity index (χ1v) is 7.17. The molecule has 1 N–H and O–H groups in total. The Kier molecular flexibility index (Phi) is 5.46. The van der Waals surface area contributed by atoms with Gasteiger partial charge in [0.15, 0.2) is 5.82 Å². The van der Waals surface area contributed by atoms with E-state index in [-0.39, 0.29) is 11.5 Å². The Balaban J connectivity index is 2.31. The van der Waals surface area contributed by atoms with E-state index >= 15 is 0 Å². The number of rotatable bonds is 6. The maximum absolute atomic E-state index is 13.7. The van der Waals surface area contributed by atoms with Gasteiger partial charge in [-0.15, -0.1) is 0 Å². The number of halogens is 2. The molecular weight excluding hydrogens is 296 g/mol. The standard InChI is InChI=1S/C14H15F2N3OS/c1-3-17-12-7-14(19-13(18-12)8-20-2)21-11-6-9(15)4-5-10(11)16/h4-7H,3,8H2,1-2H3,(H,17,18,19). The van der Waals surface area contributed by atoms with Gasteiger partial charge in [-0.05, 0) is 25.1 Å². The van der Waals surface area contributed by atoms with Crippen LogP contribution in [0.1, 0.15) is 12.7 Å². The van der Waals surface area contributed by atoms with Gasteiger partial charge in [-0.25, -0.2) is 18.7 Å². The third kappa shape index (κ3) is 4.37. The van der Waals surface area contributed by atoms with E-state index in [1.807, 2.05) is 6.92 Å². The molecule has 21 heavy (non-hydrogen) atoms. The maximum Gasteiger partial charge on any atom is 0.157 e. The molecule has 0 fully saturated rings. The monoisotopic (exact) mass is 311 g/mol. The van der Waals surface area contributed by atoms with Crippen LogP contribution in [0.15, 0.2) is 34.2 Å². The lowest BCUT2D eigenvalue weighted by molar-refractivity contribution is 0.177. The van der Waals surface area contributed by atoms with Crippen LogP contribution in [0.5, 0.6) is 0 Å². The second-order valence-electron chi connectivity index (χ2n) is 4.15. The Labute approximate surface area is 126 Å². The minimum atomic E-state index is -0.489. The average Bonchev–Trinajstić information content (AvgIpc) is 2.43. The van der Waals surface area contributed by atoms with Crippen molar-refractivity contribution >= 4 is 17.6 Å². The molecule has 112 valence electrons. The normalized spacial score (nSPS) is 10.7. The van der Waals surface area contributed by atoms with E-state index in [4.69, 9.17) is 4.74 Å². The predicted molar refractivity (Wildman–Crippen MR) is 77.4 cm³/mol. The highest BCUT2D eigenvalue weighted by Gasteiger charge is 2.10. The molecule has 2 aromatic rings. The van der Waals surface area contributed by atoms with Crippen molar-refractivity contribution in [1.82, 2.24) is 9.97 Å². The molecule has 0 aliphatic rings. The van der Waals surface area contributed by atoms with E-state index in [0.29, 0.717) is 23.2 Å². The molecule has 1 aromatic carbocycles. The number of hydrogen-bond donors (Lipinski definition) is 1. The fourth-order valence-electron chi connectivity index (χ4n) is 1.66. The molecule has 0 radical (unpaired) electrons. The summed E-state index contributed by atoms with van der Waals surface area (Å²) in [6, 6.07) is 5.02. The van der Waals surface area contributed by atoms with Crippen molar-refractivity contribution in [2.75, 3.05) is 19.0 Å². The molecule has 0 aliphatic carbocycles. The van der Waals surface area contributed by atoms with Gasteiger partial charge in [0.2, 0.25) is 0 Å². The summed E-state index contributed by atoms with van der Waals surface area (Å²) in [7, 11) is 1.54. The number of methoxy groups -OCH3 is 1. The van der Waals surface area contributed by atoms with Crippen molar-refractivity contribution in [3.8, 4) is 0 Å². The van der Waals surface area contributed by atoms with Crippen LogP contribution in [0, 0.1) is 11.6 Å². The van der Waals surface area contributed by atoms with Gasteiger partial charge >= 0.3 is 0 Å². The molecule has 0 atom stereocenters. The van der Waals surface area contributed by atoms with Gasteiger partial charge < -0.3 is 10.1 Å². The molecule has 2 rings (SSSR count). The third-order valence-electron chi connectivity index (χ3n) is 2.49. The van der Waals surface area contributed by atoms with Crippen molar-refractivity contribution in [3.63, 3.8) is 0 Å². The molecule has 4 nitrogen and oxygen atoms in total. The van der Waals surface area contributed by atoms with E-state index in [9.17, 15) is 8.78 Å². The molecule has 7 heteroatoms. The summed E-state index contributed by atoms with van der Waals surface area (Å²) in [5.41, 5.74) is 0. The SMILES string of the molecule is CCNc1cc(Sc2cc(F)ccc2F)nc(COC)n1. The lowest BCUT2D eigenvalue weighted by Gasteiger charge is -2.09. The Hall–Kier alpha value is -1.73. The lowest BCUT2D eigenvalue weighted by atomic mass is 10.3. The summed E-state index contributed by atoms with van der Waals surface area (Å²) in [5, 5.41) is 3.60. The molecule has 0 saturated carbocycles. The van der Waals surface area contributed by atoms with E-state index < -0.39 is 11.6 Å². The largest absolute Gasteiger partial charge is 0.377 e. The third-order valence-corrected chi connectivity index (χ3v) is 3.44. The molecule has 0 amide bonds. The molecule has 0 unspecified atom stereocenters. The van der Waals surface area contributed by atoms with Crippen LogP contribution in [-0.2, 0) is 11.3 Å². The average molecular weight is 311 g/mol. The van der Waals surface area contributed by atoms with Crippen LogP contribution < -0.4 is 5.32 Å². The van der Waals surface area contributed by atoms with Gasteiger partial charge in [0.25, 0.3) is 0 Å². The second-order valence-corrected chi connectivity index (χ2v) is 5.21. The summed E-state index contributed by atoms with van der Waals surface area (Å²) in [5.74, 6) is 0.129. The topological polar surface area (TPSA) is 47.0 Å². The summed E-state index contributed by atoms with van der Waals surface area (Å²) in [6.07, 6.45) is 0. The first-order valence-electron chi connectivity index (χ1n) is 6.36. The van der Waals surface area contributed by atoms with Gasteiger partial charge in [-0.3, -0.25) is 0 Å². The molecular formula is C14H15F2N3OS. The van der Waals surface area contributed by atoms with E-state index in [1.54, 1.807) is 13.2 Å². The van der Waals surface area contributed by atoms with Crippen molar-refractivity contribution in [1.29, 1.82) is 0 Å². The maximum atomic E-state index is 13.7. The number of ether oxygens (including phenoxy) is 1. The molecule has 1 heterocycles. The summed E-state index contributed by atoms with van der Waals surface area (Å²) in [6.45, 7) is 2.89. The Morgan fingerprint density at radius 1 is 1.24 bits per heavy atom. The van der Waals surface area contributed by atoms with Crippen LogP contribution >= 0.6 is 11.8 Å². The first-order chi connectivity index (χ1) is 10.1. The Morgan fingerprint density at radius 3 is 2.76 bits per heavy atom. The molecule has 0 bridgehead atoms. The van der Waals surface area contributed by atoms with E-state index in [0.717, 1.165) is 30.0 Å². The van der Waals surface area contributed by atoms with Crippen LogP contribution in [0.2, 0.25) is 0 Å². The zero-order valence-electron chi connectivity index (χ0n) is 11.7. The van der Waals surface area contributed by atoms with E-state index in [1.165, 1.54) is 0 Å². The van der Waals surface area contributed by atoms with Crippen molar-refractivity contribution in [2.45, 2.75) is 23.5 Å². The van der Waals surface area contributed by atoms with Crippen LogP contribution in [0.3, 0.4) is 0 Å². The number of hydrogen-bond acceptors (Lipinski definition) is 5. The highest BCUT2D eigenvalue weighted by molar-refractivity contribution is 7.99. The van der Waals surface area contributed by atoms with Gasteiger partial charge in [0.05, 0.1) is 4.90 Å². The molecule has 0 aliphatic heterocycles. The quantitative estimate of drug-likeness (QED) is 0.828. The van der Waals surface area contributed by atoms with E-state index in [2.05, 4.69) is 15.3 Å². The lowest BCUT2D eigenvalue weighted by Crippen LogP contribution is -2.05. The van der Waals surface area contributed by atoms with Gasteiger partial charge in [0, 0.05) is 19.7 Å². The minimum absolute atomic E-state index is 0.180. The number of nitrogens with one attached hydrogen (secondary N) is 1. The molecule has 0 spiro atoms. The second kappa shape index (κ2) is 7.33. The molecule has 1 aromatic heterocycles. The highest BCUT2D eigenvalue weighted by atomic mass is 32.2. The van der Waals surface area contributed by atoms with Crippen LogP contribution in [0.25, 0.3) is 0 Å². The van der Waals surface area contributed by atoms with Crippen LogP contribution in [0.4, 0.5) is 14.6 Å². The molecule has 0 saturated heterocycles. The Morgan fingerprint density at radius 2 is 2.05 bits per heavy atom. The number of nitrogens with zero attached hydrogens (tertiary/aromatic N) is 2. The smallest absolute Gasteiger partial charge is 0.157 e. The number of aromatic nitrogens is 2. The number of anilines is 1.